The van der Waals surface area contributed by atoms with Gasteiger partial charge in [0.25, 0.3) is 0 Å². The average Bonchev–Trinajstić information content (AvgIpc) is 3.06. The quantitative estimate of drug-likeness (QED) is 0.650. The molecule has 0 radical (unpaired) electrons. The molecule has 3 rings (SSSR count). The van der Waals surface area contributed by atoms with E-state index in [-0.39, 0.29) is 11.2 Å². The first-order valence-corrected chi connectivity index (χ1v) is 9.27. The number of amides is 1. The van der Waals surface area contributed by atoms with Gasteiger partial charge in [-0.1, -0.05) is 23.4 Å². The van der Waals surface area contributed by atoms with Gasteiger partial charge in [-0.25, -0.2) is 4.98 Å². The van der Waals surface area contributed by atoms with Crippen LogP contribution in [0.15, 0.2) is 48.0 Å². The molecule has 0 aliphatic rings. The fourth-order valence-electron chi connectivity index (χ4n) is 2.26. The lowest BCUT2D eigenvalue weighted by molar-refractivity contribution is -0.115. The first-order chi connectivity index (χ1) is 12.6. The van der Waals surface area contributed by atoms with Crippen LogP contribution in [0.25, 0.3) is 11.4 Å². The number of hydrogen-bond acceptors (Lipinski definition) is 6. The second-order valence-corrected chi connectivity index (χ2v) is 7.14. The van der Waals surface area contributed by atoms with Crippen LogP contribution in [0, 0.1) is 0 Å². The highest BCUT2D eigenvalue weighted by Crippen LogP contribution is 2.27. The first-order valence-electron chi connectivity index (χ1n) is 8.01. The second-order valence-electron chi connectivity index (χ2n) is 5.40. The van der Waals surface area contributed by atoms with E-state index >= 15 is 0 Å². The van der Waals surface area contributed by atoms with E-state index in [2.05, 4.69) is 25.5 Å². The molecule has 0 aliphatic heterocycles. The Balaban J connectivity index is 1.73. The fourth-order valence-corrected chi connectivity index (χ4v) is 3.29. The van der Waals surface area contributed by atoms with Crippen molar-refractivity contribution in [2.75, 3.05) is 5.32 Å². The van der Waals surface area contributed by atoms with Crippen molar-refractivity contribution in [1.82, 2.24) is 24.7 Å². The van der Waals surface area contributed by atoms with Gasteiger partial charge >= 0.3 is 0 Å². The molecule has 134 valence electrons. The number of carbonyl (C=O) groups excluding carboxylic acids is 1. The Kier molecular flexibility index (Phi) is 5.85. The Morgan fingerprint density at radius 3 is 2.69 bits per heavy atom. The highest BCUT2D eigenvalue weighted by Gasteiger charge is 2.20. The Labute approximate surface area is 160 Å². The number of halogens is 1. The maximum Gasteiger partial charge on any atom is 0.238 e. The molecule has 0 saturated carbocycles. The van der Waals surface area contributed by atoms with Crippen molar-refractivity contribution in [3.8, 4) is 11.4 Å². The Hall–Kier alpha value is -2.45. The van der Waals surface area contributed by atoms with E-state index in [0.29, 0.717) is 22.5 Å². The molecule has 26 heavy (non-hydrogen) atoms. The predicted molar refractivity (Wildman–Crippen MR) is 102 cm³/mol. The first kappa shape index (κ1) is 18.3. The molecule has 0 bridgehead atoms. The number of nitrogens with one attached hydrogen (secondary N) is 1. The highest BCUT2D eigenvalue weighted by atomic mass is 35.5. The Morgan fingerprint density at radius 2 is 2.04 bits per heavy atom. The standard InChI is InChI=1S/C17H17ClN6OS/c1-3-24-15(12-6-8-19-9-7-12)22-23-17(24)26-11(2)16(25)21-14-5-4-13(18)10-20-14/h4-11H,3H2,1-2H3,(H,20,21,25). The Bertz CT molecular complexity index is 884. The average molecular weight is 389 g/mol. The summed E-state index contributed by atoms with van der Waals surface area (Å²) in [4.78, 5) is 20.5. The van der Waals surface area contributed by atoms with Crippen LogP contribution in [0.1, 0.15) is 13.8 Å². The van der Waals surface area contributed by atoms with Crippen molar-refractivity contribution in [3.05, 3.63) is 47.9 Å². The third-order valence-electron chi connectivity index (χ3n) is 3.60. The number of rotatable bonds is 6. The van der Waals surface area contributed by atoms with Crippen LogP contribution >= 0.6 is 23.4 Å². The molecule has 9 heteroatoms. The molecule has 7 nitrogen and oxygen atoms in total. The highest BCUT2D eigenvalue weighted by molar-refractivity contribution is 8.00. The lowest BCUT2D eigenvalue weighted by Gasteiger charge is -2.12. The number of thioether (sulfide) groups is 1. The summed E-state index contributed by atoms with van der Waals surface area (Å²) >= 11 is 7.15. The largest absolute Gasteiger partial charge is 0.310 e. The third kappa shape index (κ3) is 4.20. The van der Waals surface area contributed by atoms with Crippen LogP contribution in [0.4, 0.5) is 5.82 Å². The smallest absolute Gasteiger partial charge is 0.238 e. The SMILES string of the molecule is CCn1c(SC(C)C(=O)Nc2ccc(Cl)cn2)nnc1-c1ccncc1. The topological polar surface area (TPSA) is 85.6 Å². The van der Waals surface area contributed by atoms with Gasteiger partial charge in [-0.05, 0) is 38.1 Å². The van der Waals surface area contributed by atoms with E-state index < -0.39 is 0 Å². The monoisotopic (exact) mass is 388 g/mol. The summed E-state index contributed by atoms with van der Waals surface area (Å²) in [5.74, 6) is 1.05. The van der Waals surface area contributed by atoms with Crippen molar-refractivity contribution in [1.29, 1.82) is 0 Å². The lowest BCUT2D eigenvalue weighted by Crippen LogP contribution is -2.23. The van der Waals surface area contributed by atoms with Crippen LogP contribution in [-0.2, 0) is 11.3 Å². The minimum absolute atomic E-state index is 0.166. The summed E-state index contributed by atoms with van der Waals surface area (Å²) in [6.07, 6.45) is 4.92. The van der Waals surface area contributed by atoms with Gasteiger partial charge in [-0.2, -0.15) is 0 Å². The van der Waals surface area contributed by atoms with Crippen LogP contribution in [0.2, 0.25) is 5.02 Å². The molecular formula is C17H17ClN6OS. The third-order valence-corrected chi connectivity index (χ3v) is 4.91. The summed E-state index contributed by atoms with van der Waals surface area (Å²) in [5, 5.41) is 12.1. The van der Waals surface area contributed by atoms with E-state index in [1.54, 1.807) is 24.5 Å². The summed E-state index contributed by atoms with van der Waals surface area (Å²) in [6, 6.07) is 7.10. The second kappa shape index (κ2) is 8.29. The molecule has 1 N–H and O–H groups in total. The number of hydrogen-bond donors (Lipinski definition) is 1. The minimum atomic E-state index is -0.368. The molecule has 1 amide bonds. The molecule has 0 spiro atoms. The van der Waals surface area contributed by atoms with Crippen LogP contribution in [0.3, 0.4) is 0 Å². The molecule has 3 aromatic heterocycles. The van der Waals surface area contributed by atoms with Gasteiger partial charge < -0.3 is 9.88 Å². The lowest BCUT2D eigenvalue weighted by atomic mass is 10.2. The van der Waals surface area contributed by atoms with Gasteiger partial charge in [0.2, 0.25) is 5.91 Å². The maximum absolute atomic E-state index is 12.4. The number of aromatic nitrogens is 5. The van der Waals surface area contributed by atoms with Gasteiger partial charge in [0, 0.05) is 30.7 Å². The van der Waals surface area contributed by atoms with Gasteiger partial charge in [0.1, 0.15) is 5.82 Å². The van der Waals surface area contributed by atoms with Crippen LogP contribution in [-0.4, -0.2) is 35.9 Å². The van der Waals surface area contributed by atoms with E-state index in [0.717, 1.165) is 11.4 Å². The van der Waals surface area contributed by atoms with Crippen molar-refractivity contribution < 1.29 is 4.79 Å². The molecular weight excluding hydrogens is 372 g/mol. The van der Waals surface area contributed by atoms with Gasteiger partial charge in [0.05, 0.1) is 10.3 Å². The number of carbonyl (C=O) groups is 1. The fraction of sp³-hybridized carbons (Fsp3) is 0.235. The van der Waals surface area contributed by atoms with Crippen molar-refractivity contribution >= 4 is 35.1 Å². The van der Waals surface area contributed by atoms with Gasteiger partial charge in [0.15, 0.2) is 11.0 Å². The molecule has 1 unspecified atom stereocenters. The normalized spacial score (nSPS) is 12.0. The molecule has 3 aromatic rings. The van der Waals surface area contributed by atoms with E-state index in [1.807, 2.05) is 30.5 Å². The zero-order chi connectivity index (χ0) is 18.5. The Morgan fingerprint density at radius 1 is 1.27 bits per heavy atom. The summed E-state index contributed by atoms with van der Waals surface area (Å²) < 4.78 is 1.98. The molecule has 0 fully saturated rings. The maximum atomic E-state index is 12.4. The van der Waals surface area contributed by atoms with Crippen LogP contribution < -0.4 is 5.32 Å². The van der Waals surface area contributed by atoms with Crippen molar-refractivity contribution in [3.63, 3.8) is 0 Å². The molecule has 3 heterocycles. The number of pyridine rings is 2. The zero-order valence-corrected chi connectivity index (χ0v) is 15.8. The summed E-state index contributed by atoms with van der Waals surface area (Å²) in [5.41, 5.74) is 0.934. The number of anilines is 1. The van der Waals surface area contributed by atoms with Gasteiger partial charge in [-0.3, -0.25) is 9.78 Å². The van der Waals surface area contributed by atoms with Crippen molar-refractivity contribution in [2.24, 2.45) is 0 Å². The van der Waals surface area contributed by atoms with E-state index in [4.69, 9.17) is 11.6 Å². The summed E-state index contributed by atoms with van der Waals surface area (Å²) in [7, 11) is 0. The molecule has 0 saturated heterocycles. The van der Waals surface area contributed by atoms with Gasteiger partial charge in [-0.15, -0.1) is 10.2 Å². The zero-order valence-electron chi connectivity index (χ0n) is 14.3. The van der Waals surface area contributed by atoms with Crippen LogP contribution in [0.5, 0.6) is 0 Å². The molecule has 0 aromatic carbocycles. The van der Waals surface area contributed by atoms with Crippen molar-refractivity contribution in [2.45, 2.75) is 30.8 Å². The molecule has 0 aliphatic carbocycles. The molecule has 1 atom stereocenters. The number of nitrogens with zero attached hydrogens (tertiary/aromatic N) is 5. The van der Waals surface area contributed by atoms with E-state index in [9.17, 15) is 4.79 Å². The minimum Gasteiger partial charge on any atom is -0.310 e. The summed E-state index contributed by atoms with van der Waals surface area (Å²) in [6.45, 7) is 4.53. The van der Waals surface area contributed by atoms with E-state index in [1.165, 1.54) is 18.0 Å². The predicted octanol–water partition coefficient (Wildman–Crippen LogP) is 3.53.